The Labute approximate surface area is 174 Å². The molecular formula is C21H25ClN2O3S. The first-order chi connectivity index (χ1) is 13.6. The molecule has 1 atom stereocenters. The molecule has 1 aromatic heterocycles. The maximum atomic E-state index is 13.3. The number of halogens is 1. The number of ether oxygens (including phenoxy) is 1. The maximum absolute atomic E-state index is 13.3. The largest absolute Gasteiger partial charge is 0.497 e. The number of hydrogen-bond donors (Lipinski definition) is 1. The predicted molar refractivity (Wildman–Crippen MR) is 113 cm³/mol. The summed E-state index contributed by atoms with van der Waals surface area (Å²) in [5, 5.41) is 5.07. The first-order valence-electron chi connectivity index (χ1n) is 9.50. The second-order valence-corrected chi connectivity index (χ2v) is 8.11. The summed E-state index contributed by atoms with van der Waals surface area (Å²) in [5.74, 6) is -0.0965. The number of alkyl halides is 1. The van der Waals surface area contributed by atoms with Crippen molar-refractivity contribution < 1.29 is 14.3 Å². The van der Waals surface area contributed by atoms with Gasteiger partial charge in [-0.05, 0) is 36.4 Å². The van der Waals surface area contributed by atoms with Crippen molar-refractivity contribution in [1.82, 2.24) is 5.32 Å². The van der Waals surface area contributed by atoms with Crippen molar-refractivity contribution >= 4 is 40.4 Å². The summed E-state index contributed by atoms with van der Waals surface area (Å²) in [5.41, 5.74) is 0.585. The highest BCUT2D eigenvalue weighted by Gasteiger charge is 2.34. The molecule has 7 heteroatoms. The number of thiophene rings is 1. The number of carbonyl (C=O) groups is 2. The summed E-state index contributed by atoms with van der Waals surface area (Å²) in [7, 11) is 1.57. The Morgan fingerprint density at radius 1 is 1.25 bits per heavy atom. The molecule has 1 aliphatic carbocycles. The lowest BCUT2D eigenvalue weighted by atomic mass is 9.95. The summed E-state index contributed by atoms with van der Waals surface area (Å²) >= 11 is 7.37. The van der Waals surface area contributed by atoms with Crippen molar-refractivity contribution in [3.63, 3.8) is 0 Å². The lowest BCUT2D eigenvalue weighted by Crippen LogP contribution is -2.47. The highest BCUT2D eigenvalue weighted by atomic mass is 35.5. The molecule has 0 saturated heterocycles. The average molecular weight is 421 g/mol. The fraction of sp³-hybridized carbons (Fsp3) is 0.429. The van der Waals surface area contributed by atoms with Gasteiger partial charge in [-0.1, -0.05) is 31.4 Å². The third-order valence-electron chi connectivity index (χ3n) is 4.99. The zero-order valence-corrected chi connectivity index (χ0v) is 17.5. The van der Waals surface area contributed by atoms with E-state index in [4.69, 9.17) is 16.3 Å². The van der Waals surface area contributed by atoms with E-state index < -0.39 is 6.04 Å². The highest BCUT2D eigenvalue weighted by molar-refractivity contribution is 7.10. The Morgan fingerprint density at radius 3 is 2.68 bits per heavy atom. The first-order valence-corrected chi connectivity index (χ1v) is 10.9. The van der Waals surface area contributed by atoms with Gasteiger partial charge >= 0.3 is 0 Å². The molecular weight excluding hydrogens is 396 g/mol. The van der Waals surface area contributed by atoms with Gasteiger partial charge in [0.05, 0.1) is 7.11 Å². The van der Waals surface area contributed by atoms with E-state index in [2.05, 4.69) is 5.32 Å². The lowest BCUT2D eigenvalue weighted by molar-refractivity contribution is -0.126. The van der Waals surface area contributed by atoms with Crippen molar-refractivity contribution in [2.75, 3.05) is 17.9 Å². The van der Waals surface area contributed by atoms with Crippen LogP contribution in [0.15, 0.2) is 41.8 Å². The van der Waals surface area contributed by atoms with Crippen LogP contribution in [0, 0.1) is 0 Å². The standard InChI is InChI=1S/C21H25ClN2O3S/c1-27-17-10-5-9-16(13-17)24(19(25)14-22)20(18-11-6-12-28-18)21(26)23-15-7-3-2-4-8-15/h5-6,9-13,15,20H,2-4,7-8,14H2,1H3,(H,23,26). The van der Waals surface area contributed by atoms with Crippen LogP contribution in [0.25, 0.3) is 0 Å². The lowest BCUT2D eigenvalue weighted by Gasteiger charge is -2.32. The van der Waals surface area contributed by atoms with Crippen LogP contribution < -0.4 is 15.0 Å². The van der Waals surface area contributed by atoms with Crippen molar-refractivity contribution in [3.8, 4) is 5.75 Å². The van der Waals surface area contributed by atoms with Crippen LogP contribution in [-0.4, -0.2) is 30.8 Å². The fourth-order valence-corrected chi connectivity index (χ4v) is 4.55. The van der Waals surface area contributed by atoms with Gasteiger partial charge in [0.1, 0.15) is 17.7 Å². The number of benzene rings is 1. The second-order valence-electron chi connectivity index (χ2n) is 6.86. The third kappa shape index (κ3) is 4.86. The highest BCUT2D eigenvalue weighted by Crippen LogP contribution is 2.33. The minimum Gasteiger partial charge on any atom is -0.497 e. The van der Waals surface area contributed by atoms with Gasteiger partial charge in [0.2, 0.25) is 11.8 Å². The van der Waals surface area contributed by atoms with Gasteiger partial charge in [0.15, 0.2) is 0 Å². The van der Waals surface area contributed by atoms with Gasteiger partial charge in [0, 0.05) is 22.7 Å². The van der Waals surface area contributed by atoms with E-state index >= 15 is 0 Å². The van der Waals surface area contributed by atoms with Crippen LogP contribution in [0.1, 0.15) is 43.0 Å². The molecule has 1 fully saturated rings. The molecule has 2 amide bonds. The zero-order valence-electron chi connectivity index (χ0n) is 15.9. The van der Waals surface area contributed by atoms with Crippen molar-refractivity contribution in [3.05, 3.63) is 46.7 Å². The molecule has 1 aliphatic rings. The molecule has 1 heterocycles. The van der Waals surface area contributed by atoms with Gasteiger partial charge in [-0.25, -0.2) is 0 Å². The second kappa shape index (κ2) is 9.94. The van der Waals surface area contributed by atoms with E-state index in [-0.39, 0.29) is 23.7 Å². The first kappa shape index (κ1) is 20.7. The molecule has 1 N–H and O–H groups in total. The van der Waals surface area contributed by atoms with E-state index in [1.807, 2.05) is 17.5 Å². The van der Waals surface area contributed by atoms with Crippen LogP contribution in [-0.2, 0) is 9.59 Å². The van der Waals surface area contributed by atoms with Crippen molar-refractivity contribution in [2.24, 2.45) is 0 Å². The number of carbonyl (C=O) groups excluding carboxylic acids is 2. The van der Waals surface area contributed by atoms with Crippen LogP contribution in [0.4, 0.5) is 5.69 Å². The fourth-order valence-electron chi connectivity index (χ4n) is 3.61. The van der Waals surface area contributed by atoms with Gasteiger partial charge in [0.25, 0.3) is 0 Å². The molecule has 0 aliphatic heterocycles. The molecule has 3 rings (SSSR count). The van der Waals surface area contributed by atoms with Gasteiger partial charge < -0.3 is 10.1 Å². The van der Waals surface area contributed by atoms with Crippen LogP contribution in [0.3, 0.4) is 0 Å². The minimum absolute atomic E-state index is 0.155. The molecule has 1 saturated carbocycles. The molecule has 0 bridgehead atoms. The Kier molecular flexibility index (Phi) is 7.34. The summed E-state index contributed by atoms with van der Waals surface area (Å²) < 4.78 is 5.30. The number of nitrogens with one attached hydrogen (secondary N) is 1. The van der Waals surface area contributed by atoms with E-state index in [0.717, 1.165) is 30.6 Å². The van der Waals surface area contributed by atoms with Crippen LogP contribution in [0.2, 0.25) is 0 Å². The van der Waals surface area contributed by atoms with Gasteiger partial charge in [-0.2, -0.15) is 0 Å². The minimum atomic E-state index is -0.764. The number of amides is 2. The van der Waals surface area contributed by atoms with Gasteiger partial charge in [-0.3, -0.25) is 14.5 Å². The van der Waals surface area contributed by atoms with E-state index in [1.54, 1.807) is 31.4 Å². The molecule has 0 spiro atoms. The number of rotatable bonds is 7. The molecule has 5 nitrogen and oxygen atoms in total. The third-order valence-corrected chi connectivity index (χ3v) is 6.14. The number of methoxy groups -OCH3 is 1. The van der Waals surface area contributed by atoms with E-state index in [9.17, 15) is 9.59 Å². The SMILES string of the molecule is COc1cccc(N(C(=O)CCl)C(C(=O)NC2CCCCC2)c2cccs2)c1. The Hall–Kier alpha value is -2.05. The molecule has 150 valence electrons. The monoisotopic (exact) mass is 420 g/mol. The van der Waals surface area contributed by atoms with Gasteiger partial charge in [-0.15, -0.1) is 22.9 Å². The van der Waals surface area contributed by atoms with Crippen molar-refractivity contribution in [1.29, 1.82) is 0 Å². The zero-order chi connectivity index (χ0) is 19.9. The Balaban J connectivity index is 1.96. The van der Waals surface area contributed by atoms with E-state index in [1.165, 1.54) is 22.7 Å². The number of anilines is 1. The predicted octanol–water partition coefficient (Wildman–Crippen LogP) is 4.52. The molecule has 2 aromatic rings. The van der Waals surface area contributed by atoms with Crippen LogP contribution >= 0.6 is 22.9 Å². The molecule has 1 aromatic carbocycles. The topological polar surface area (TPSA) is 58.6 Å². The van der Waals surface area contributed by atoms with Crippen molar-refractivity contribution in [2.45, 2.75) is 44.2 Å². The average Bonchev–Trinajstić information content (AvgIpc) is 3.26. The molecule has 0 radical (unpaired) electrons. The quantitative estimate of drug-likeness (QED) is 0.670. The molecule has 28 heavy (non-hydrogen) atoms. The summed E-state index contributed by atoms with van der Waals surface area (Å²) in [6, 6.07) is 10.3. The smallest absolute Gasteiger partial charge is 0.248 e. The van der Waals surface area contributed by atoms with Crippen LogP contribution in [0.5, 0.6) is 5.75 Å². The maximum Gasteiger partial charge on any atom is 0.248 e. The summed E-state index contributed by atoms with van der Waals surface area (Å²) in [6.07, 6.45) is 5.40. The van der Waals surface area contributed by atoms with E-state index in [0.29, 0.717) is 11.4 Å². The Morgan fingerprint density at radius 2 is 2.04 bits per heavy atom. The summed E-state index contributed by atoms with van der Waals surface area (Å²) in [4.78, 5) is 28.4. The Bertz CT molecular complexity index is 791. The normalized spacial score (nSPS) is 15.6. The molecule has 1 unspecified atom stereocenters. The number of nitrogens with zero attached hydrogens (tertiary/aromatic N) is 1. The summed E-state index contributed by atoms with van der Waals surface area (Å²) in [6.45, 7) is 0. The number of hydrogen-bond acceptors (Lipinski definition) is 4.